The van der Waals surface area contributed by atoms with E-state index in [0.717, 1.165) is 31.8 Å². The monoisotopic (exact) mass is 236 g/mol. The van der Waals surface area contributed by atoms with Crippen molar-refractivity contribution in [2.24, 2.45) is 0 Å². The maximum atomic E-state index is 11.9. The summed E-state index contributed by atoms with van der Waals surface area (Å²) < 4.78 is 0. The third-order valence-electron chi connectivity index (χ3n) is 3.33. The molecule has 0 saturated carbocycles. The summed E-state index contributed by atoms with van der Waals surface area (Å²) in [6, 6.07) is 0. The van der Waals surface area contributed by atoms with Crippen LogP contribution in [-0.2, 0) is 4.79 Å². The predicted molar refractivity (Wildman–Crippen MR) is 66.5 cm³/mol. The molecule has 1 atom stereocenters. The molecule has 1 aliphatic heterocycles. The molecule has 0 bridgehead atoms. The minimum absolute atomic E-state index is 0.203. The second-order valence-corrected chi connectivity index (χ2v) is 4.55. The highest BCUT2D eigenvalue weighted by Crippen LogP contribution is 2.18. The molecule has 94 valence electrons. The van der Waals surface area contributed by atoms with Gasteiger partial charge in [-0.05, 0) is 18.4 Å². The van der Waals surface area contributed by atoms with Gasteiger partial charge in [0.15, 0.2) is 0 Å². The second-order valence-electron chi connectivity index (χ2n) is 4.55. The number of aliphatic hydroxyl groups excluding tert-OH is 1. The molecule has 4 nitrogen and oxygen atoms in total. The quantitative estimate of drug-likeness (QED) is 0.748. The Hall–Kier alpha value is -1.13. The van der Waals surface area contributed by atoms with Crippen LogP contribution >= 0.6 is 0 Å². The van der Waals surface area contributed by atoms with Gasteiger partial charge in [0.05, 0.1) is 6.10 Å². The number of nitrogens with one attached hydrogen (secondary N) is 1. The van der Waals surface area contributed by atoms with Gasteiger partial charge in [-0.25, -0.2) is 0 Å². The smallest absolute Gasteiger partial charge is 0.222 e. The number of rotatable bonds is 3. The summed E-state index contributed by atoms with van der Waals surface area (Å²) in [7, 11) is 0. The fourth-order valence-corrected chi connectivity index (χ4v) is 2.24. The summed E-state index contributed by atoms with van der Waals surface area (Å²) in [5.41, 5.74) is 0.982. The van der Waals surface area contributed by atoms with Crippen molar-refractivity contribution < 1.29 is 9.90 Å². The molecule has 1 heterocycles. The minimum Gasteiger partial charge on any atom is -0.388 e. The van der Waals surface area contributed by atoms with Gasteiger partial charge in [0.2, 0.25) is 5.91 Å². The topological polar surface area (TPSA) is 52.6 Å². The summed E-state index contributed by atoms with van der Waals surface area (Å²) in [5, 5.41) is 13.0. The molecule has 0 spiro atoms. The van der Waals surface area contributed by atoms with Gasteiger partial charge in [-0.1, -0.05) is 18.2 Å². The van der Waals surface area contributed by atoms with E-state index in [9.17, 15) is 9.90 Å². The van der Waals surface area contributed by atoms with Crippen LogP contribution in [0.25, 0.3) is 0 Å². The van der Waals surface area contributed by atoms with Crippen LogP contribution in [0.5, 0.6) is 0 Å². The average molecular weight is 236 g/mol. The van der Waals surface area contributed by atoms with E-state index < -0.39 is 6.10 Å². The Morgan fingerprint density at radius 3 is 2.94 bits per heavy atom. The van der Waals surface area contributed by atoms with E-state index >= 15 is 0 Å². The molecule has 2 N–H and O–H groups in total. The van der Waals surface area contributed by atoms with Crippen molar-refractivity contribution in [3.63, 3.8) is 0 Å². The standard InChI is InChI=1S/C13H20N2O2/c16-12-4-2-1-3-11(12)5-6-13(17)15-9-7-14-8-10-15/h1-3,12,14,16H,4-10H2/t12-/m0/s1. The van der Waals surface area contributed by atoms with Gasteiger partial charge in [0.1, 0.15) is 0 Å². The molecule has 0 radical (unpaired) electrons. The highest BCUT2D eigenvalue weighted by Gasteiger charge is 2.18. The van der Waals surface area contributed by atoms with Crippen molar-refractivity contribution in [2.75, 3.05) is 26.2 Å². The first-order valence-corrected chi connectivity index (χ1v) is 6.29. The zero-order valence-electron chi connectivity index (χ0n) is 10.1. The summed E-state index contributed by atoms with van der Waals surface area (Å²) in [5.74, 6) is 0.203. The zero-order valence-corrected chi connectivity index (χ0v) is 10.1. The Morgan fingerprint density at radius 1 is 1.47 bits per heavy atom. The molecular formula is C13H20N2O2. The van der Waals surface area contributed by atoms with E-state index in [-0.39, 0.29) is 5.91 Å². The molecule has 1 aliphatic carbocycles. The number of piperazine rings is 1. The molecule has 0 aromatic carbocycles. The molecule has 1 fully saturated rings. The van der Waals surface area contributed by atoms with E-state index in [1.54, 1.807) is 0 Å². The highest BCUT2D eigenvalue weighted by molar-refractivity contribution is 5.76. The lowest BCUT2D eigenvalue weighted by Crippen LogP contribution is -2.46. The molecule has 0 aromatic rings. The summed E-state index contributed by atoms with van der Waals surface area (Å²) >= 11 is 0. The Balaban J connectivity index is 1.79. The molecule has 2 aliphatic rings. The zero-order chi connectivity index (χ0) is 12.1. The second kappa shape index (κ2) is 5.98. The molecule has 4 heteroatoms. The van der Waals surface area contributed by atoms with Crippen molar-refractivity contribution in [1.82, 2.24) is 10.2 Å². The first-order valence-electron chi connectivity index (χ1n) is 6.29. The van der Waals surface area contributed by atoms with Crippen LogP contribution in [0, 0.1) is 0 Å². The molecule has 2 rings (SSSR count). The van der Waals surface area contributed by atoms with Crippen molar-refractivity contribution in [3.05, 3.63) is 23.8 Å². The number of amides is 1. The number of hydrogen-bond acceptors (Lipinski definition) is 3. The van der Waals surface area contributed by atoms with Crippen molar-refractivity contribution in [1.29, 1.82) is 0 Å². The summed E-state index contributed by atoms with van der Waals surface area (Å²) in [6.45, 7) is 3.39. The fraction of sp³-hybridized carbons (Fsp3) is 0.615. The number of aliphatic hydroxyl groups is 1. The maximum absolute atomic E-state index is 11.9. The van der Waals surface area contributed by atoms with Gasteiger partial charge in [-0.2, -0.15) is 0 Å². The van der Waals surface area contributed by atoms with Gasteiger partial charge in [0.25, 0.3) is 0 Å². The number of carbonyl (C=O) groups excluding carboxylic acids is 1. The first kappa shape index (κ1) is 12.3. The molecular weight excluding hydrogens is 216 g/mol. The SMILES string of the molecule is O=C(CCC1=CC=CC[C@@H]1O)N1CCNCC1. The molecule has 17 heavy (non-hydrogen) atoms. The minimum atomic E-state index is -0.393. The van der Waals surface area contributed by atoms with E-state index in [0.29, 0.717) is 19.3 Å². The van der Waals surface area contributed by atoms with Gasteiger partial charge in [-0.3, -0.25) is 4.79 Å². The Labute approximate surface area is 102 Å². The number of carbonyl (C=O) groups is 1. The van der Waals surface area contributed by atoms with Gasteiger partial charge in [0, 0.05) is 32.6 Å². The fourth-order valence-electron chi connectivity index (χ4n) is 2.24. The Bertz CT molecular complexity index is 330. The van der Waals surface area contributed by atoms with Crippen LogP contribution in [0.3, 0.4) is 0 Å². The Kier molecular flexibility index (Phi) is 4.34. The largest absolute Gasteiger partial charge is 0.388 e. The van der Waals surface area contributed by atoms with Crippen LogP contribution < -0.4 is 5.32 Å². The molecule has 1 saturated heterocycles. The van der Waals surface area contributed by atoms with Crippen molar-refractivity contribution in [2.45, 2.75) is 25.4 Å². The van der Waals surface area contributed by atoms with Crippen molar-refractivity contribution >= 4 is 5.91 Å². The van der Waals surface area contributed by atoms with Crippen LogP contribution in [0.4, 0.5) is 0 Å². The van der Waals surface area contributed by atoms with Gasteiger partial charge in [-0.15, -0.1) is 0 Å². The van der Waals surface area contributed by atoms with Crippen LogP contribution in [0.2, 0.25) is 0 Å². The average Bonchev–Trinajstić information content (AvgIpc) is 2.38. The lowest BCUT2D eigenvalue weighted by atomic mass is 9.97. The Morgan fingerprint density at radius 2 is 2.24 bits per heavy atom. The first-order chi connectivity index (χ1) is 8.27. The van der Waals surface area contributed by atoms with Crippen LogP contribution in [-0.4, -0.2) is 48.2 Å². The molecule has 1 amide bonds. The number of hydrogen-bond donors (Lipinski definition) is 2. The maximum Gasteiger partial charge on any atom is 0.222 e. The van der Waals surface area contributed by atoms with E-state index in [2.05, 4.69) is 5.32 Å². The van der Waals surface area contributed by atoms with Crippen molar-refractivity contribution in [3.8, 4) is 0 Å². The normalized spacial score (nSPS) is 24.6. The van der Waals surface area contributed by atoms with Gasteiger partial charge < -0.3 is 15.3 Å². The number of nitrogens with zero attached hydrogens (tertiary/aromatic N) is 1. The van der Waals surface area contributed by atoms with Crippen LogP contribution in [0.15, 0.2) is 23.8 Å². The third-order valence-corrected chi connectivity index (χ3v) is 3.33. The predicted octanol–water partition coefficient (Wildman–Crippen LogP) is 0.446. The molecule has 0 aromatic heterocycles. The molecule has 0 unspecified atom stereocenters. The lowest BCUT2D eigenvalue weighted by Gasteiger charge is -2.28. The lowest BCUT2D eigenvalue weighted by molar-refractivity contribution is -0.131. The number of allylic oxidation sites excluding steroid dienone is 2. The van der Waals surface area contributed by atoms with Gasteiger partial charge >= 0.3 is 0 Å². The highest BCUT2D eigenvalue weighted by atomic mass is 16.3. The van der Waals surface area contributed by atoms with E-state index in [4.69, 9.17) is 0 Å². The summed E-state index contributed by atoms with van der Waals surface area (Å²) in [4.78, 5) is 13.8. The third kappa shape index (κ3) is 3.41. The van der Waals surface area contributed by atoms with Crippen LogP contribution in [0.1, 0.15) is 19.3 Å². The summed E-state index contributed by atoms with van der Waals surface area (Å²) in [6.07, 6.45) is 7.30. The van der Waals surface area contributed by atoms with E-state index in [1.165, 1.54) is 0 Å². The van der Waals surface area contributed by atoms with E-state index in [1.807, 2.05) is 23.1 Å².